The number of aromatic nitrogens is 2. The van der Waals surface area contributed by atoms with Gasteiger partial charge in [0, 0.05) is 11.1 Å². The smallest absolute Gasteiger partial charge is 0.173 e. The highest BCUT2D eigenvalue weighted by molar-refractivity contribution is 9.10. The number of hydrogen-bond donors (Lipinski definition) is 2. The lowest BCUT2D eigenvalue weighted by molar-refractivity contribution is 0.505. The normalized spacial score (nSPS) is 10.6. The van der Waals surface area contributed by atoms with Crippen LogP contribution in [0.2, 0.25) is 0 Å². The first-order valence-corrected chi connectivity index (χ1v) is 4.83. The van der Waals surface area contributed by atoms with Crippen molar-refractivity contribution in [2.75, 3.05) is 5.73 Å². The summed E-state index contributed by atoms with van der Waals surface area (Å²) in [5.74, 6) is -1.54. The average molecular weight is 274 g/mol. The zero-order valence-corrected chi connectivity index (χ0v) is 8.98. The van der Waals surface area contributed by atoms with E-state index >= 15 is 0 Å². The van der Waals surface area contributed by atoms with Crippen molar-refractivity contribution in [1.82, 2.24) is 10.2 Å². The first-order valence-electron chi connectivity index (χ1n) is 4.04. The Kier molecular flexibility index (Phi) is 2.44. The van der Waals surface area contributed by atoms with Gasteiger partial charge in [-0.2, -0.15) is 5.10 Å². The van der Waals surface area contributed by atoms with Crippen LogP contribution in [0.15, 0.2) is 22.8 Å². The molecule has 1 aromatic carbocycles. The van der Waals surface area contributed by atoms with Crippen LogP contribution in [0.3, 0.4) is 0 Å². The largest absolute Gasteiger partial charge is 0.384 e. The highest BCUT2D eigenvalue weighted by Crippen LogP contribution is 2.33. The summed E-state index contributed by atoms with van der Waals surface area (Å²) in [6.07, 6.45) is 1.45. The minimum absolute atomic E-state index is 0.0376. The van der Waals surface area contributed by atoms with Crippen LogP contribution in [0.25, 0.3) is 11.1 Å². The number of aromatic amines is 1. The van der Waals surface area contributed by atoms with E-state index in [2.05, 4.69) is 26.1 Å². The van der Waals surface area contributed by atoms with Crippen molar-refractivity contribution in [3.8, 4) is 11.1 Å². The van der Waals surface area contributed by atoms with E-state index < -0.39 is 11.6 Å². The Morgan fingerprint density at radius 2 is 2.00 bits per heavy atom. The maximum absolute atomic E-state index is 13.2. The number of rotatable bonds is 1. The molecule has 0 unspecified atom stereocenters. The molecule has 0 fully saturated rings. The van der Waals surface area contributed by atoms with Crippen LogP contribution in [0, 0.1) is 11.6 Å². The maximum atomic E-state index is 13.2. The zero-order valence-electron chi connectivity index (χ0n) is 7.39. The molecule has 3 nitrogen and oxygen atoms in total. The molecule has 3 N–H and O–H groups in total. The van der Waals surface area contributed by atoms with Crippen LogP contribution in [0.4, 0.5) is 14.6 Å². The van der Waals surface area contributed by atoms with Gasteiger partial charge < -0.3 is 5.73 Å². The van der Waals surface area contributed by atoms with Crippen molar-refractivity contribution >= 4 is 21.7 Å². The summed E-state index contributed by atoms with van der Waals surface area (Å²) in [4.78, 5) is 0. The van der Waals surface area contributed by atoms with Gasteiger partial charge in [-0.05, 0) is 28.1 Å². The van der Waals surface area contributed by atoms with E-state index in [0.29, 0.717) is 16.9 Å². The summed E-state index contributed by atoms with van der Waals surface area (Å²) in [6, 6.07) is 2.48. The molecule has 2 aromatic rings. The molecule has 0 atom stereocenters. The van der Waals surface area contributed by atoms with Crippen molar-refractivity contribution in [3.05, 3.63) is 34.4 Å². The number of halogens is 3. The molecule has 6 heteroatoms. The van der Waals surface area contributed by atoms with E-state index in [0.717, 1.165) is 6.07 Å². The SMILES string of the molecule is Nc1[nH]ncc1-c1ccc(F)c(F)c1Br. The summed E-state index contributed by atoms with van der Waals surface area (Å²) < 4.78 is 26.1. The first-order chi connectivity index (χ1) is 7.11. The van der Waals surface area contributed by atoms with Crippen molar-refractivity contribution in [2.45, 2.75) is 0 Å². The van der Waals surface area contributed by atoms with E-state index in [-0.39, 0.29) is 4.47 Å². The highest BCUT2D eigenvalue weighted by atomic mass is 79.9. The molecule has 0 bridgehead atoms. The quantitative estimate of drug-likeness (QED) is 0.785. The van der Waals surface area contributed by atoms with E-state index in [1.54, 1.807) is 0 Å². The molecule has 0 spiro atoms. The average Bonchev–Trinajstić information content (AvgIpc) is 2.62. The second kappa shape index (κ2) is 3.62. The molecule has 0 saturated carbocycles. The Morgan fingerprint density at radius 1 is 1.27 bits per heavy atom. The van der Waals surface area contributed by atoms with Crippen LogP contribution >= 0.6 is 15.9 Å². The first kappa shape index (κ1) is 10.1. The lowest BCUT2D eigenvalue weighted by atomic mass is 10.1. The van der Waals surface area contributed by atoms with Gasteiger partial charge in [0.1, 0.15) is 5.82 Å². The Morgan fingerprint density at radius 3 is 2.60 bits per heavy atom. The van der Waals surface area contributed by atoms with Crippen LogP contribution in [0.1, 0.15) is 0 Å². The fourth-order valence-electron chi connectivity index (χ4n) is 1.24. The zero-order chi connectivity index (χ0) is 11.0. The number of benzene rings is 1. The number of nitrogens with one attached hydrogen (secondary N) is 1. The minimum atomic E-state index is -0.937. The summed E-state index contributed by atoms with van der Waals surface area (Å²) in [5, 5.41) is 6.22. The van der Waals surface area contributed by atoms with Crippen LogP contribution in [0.5, 0.6) is 0 Å². The predicted octanol–water partition coefficient (Wildman–Crippen LogP) is 2.70. The molecule has 78 valence electrons. The molecule has 0 aliphatic carbocycles. The minimum Gasteiger partial charge on any atom is -0.384 e. The molecule has 15 heavy (non-hydrogen) atoms. The van der Waals surface area contributed by atoms with Gasteiger partial charge in [-0.1, -0.05) is 0 Å². The van der Waals surface area contributed by atoms with Crippen molar-refractivity contribution < 1.29 is 8.78 Å². The second-order valence-corrected chi connectivity index (χ2v) is 3.71. The summed E-state index contributed by atoms with van der Waals surface area (Å²) in [6.45, 7) is 0. The monoisotopic (exact) mass is 273 g/mol. The number of nitrogens with zero attached hydrogens (tertiary/aromatic N) is 1. The van der Waals surface area contributed by atoms with E-state index in [1.165, 1.54) is 12.3 Å². The molecule has 1 aromatic heterocycles. The summed E-state index contributed by atoms with van der Waals surface area (Å²) in [7, 11) is 0. The molecule has 2 rings (SSSR count). The molecule has 0 aliphatic rings. The molecule has 0 aliphatic heterocycles. The van der Waals surface area contributed by atoms with Gasteiger partial charge in [0.2, 0.25) is 0 Å². The third-order valence-electron chi connectivity index (χ3n) is 1.99. The number of hydrogen-bond acceptors (Lipinski definition) is 2. The molecular formula is C9H6BrF2N3. The predicted molar refractivity (Wildman–Crippen MR) is 56.1 cm³/mol. The third kappa shape index (κ3) is 1.61. The molecule has 0 saturated heterocycles. The van der Waals surface area contributed by atoms with Gasteiger partial charge >= 0.3 is 0 Å². The van der Waals surface area contributed by atoms with E-state index in [1.807, 2.05) is 0 Å². The van der Waals surface area contributed by atoms with Crippen LogP contribution in [-0.4, -0.2) is 10.2 Å². The fourth-order valence-corrected chi connectivity index (χ4v) is 1.78. The van der Waals surface area contributed by atoms with Gasteiger partial charge in [0.15, 0.2) is 11.6 Å². The molecule has 0 radical (unpaired) electrons. The third-order valence-corrected chi connectivity index (χ3v) is 2.77. The Balaban J connectivity index is 2.65. The number of nitrogen functional groups attached to an aromatic ring is 1. The van der Waals surface area contributed by atoms with Gasteiger partial charge in [0.05, 0.1) is 10.7 Å². The molecular weight excluding hydrogens is 268 g/mol. The Labute approximate surface area is 92.4 Å². The summed E-state index contributed by atoms with van der Waals surface area (Å²) >= 11 is 2.97. The fraction of sp³-hybridized carbons (Fsp3) is 0. The number of H-pyrrole nitrogens is 1. The van der Waals surface area contributed by atoms with Crippen LogP contribution < -0.4 is 5.73 Å². The number of nitrogens with two attached hydrogens (primary N) is 1. The van der Waals surface area contributed by atoms with E-state index in [4.69, 9.17) is 5.73 Å². The van der Waals surface area contributed by atoms with Crippen LogP contribution in [-0.2, 0) is 0 Å². The molecule has 0 amide bonds. The Bertz CT molecular complexity index is 510. The Hall–Kier alpha value is -1.43. The number of anilines is 1. The maximum Gasteiger partial charge on any atom is 0.173 e. The van der Waals surface area contributed by atoms with Crippen molar-refractivity contribution in [3.63, 3.8) is 0 Å². The van der Waals surface area contributed by atoms with Crippen molar-refractivity contribution in [2.24, 2.45) is 0 Å². The lowest BCUT2D eigenvalue weighted by Gasteiger charge is -2.04. The van der Waals surface area contributed by atoms with E-state index in [9.17, 15) is 8.78 Å². The lowest BCUT2D eigenvalue weighted by Crippen LogP contribution is -1.92. The second-order valence-electron chi connectivity index (χ2n) is 2.92. The molecule has 1 heterocycles. The standard InChI is InChI=1S/C9H6BrF2N3/c10-7-4(1-2-6(11)8(7)12)5-3-14-15-9(5)13/h1-3H,(H3,13,14,15). The van der Waals surface area contributed by atoms with Crippen molar-refractivity contribution in [1.29, 1.82) is 0 Å². The van der Waals surface area contributed by atoms with Gasteiger partial charge in [-0.15, -0.1) is 0 Å². The van der Waals surface area contributed by atoms with Gasteiger partial charge in [-0.3, -0.25) is 5.10 Å². The van der Waals surface area contributed by atoms with Gasteiger partial charge in [0.25, 0.3) is 0 Å². The topological polar surface area (TPSA) is 54.7 Å². The highest BCUT2D eigenvalue weighted by Gasteiger charge is 2.14. The van der Waals surface area contributed by atoms with Gasteiger partial charge in [-0.25, -0.2) is 8.78 Å². The summed E-state index contributed by atoms with van der Waals surface area (Å²) in [5.41, 5.74) is 6.56.